The van der Waals surface area contributed by atoms with Crippen molar-refractivity contribution < 1.29 is 23.9 Å². The summed E-state index contributed by atoms with van der Waals surface area (Å²) in [6.07, 6.45) is 0.417. The number of amides is 1. The van der Waals surface area contributed by atoms with Gasteiger partial charge in [0, 0.05) is 28.8 Å². The van der Waals surface area contributed by atoms with Crippen molar-refractivity contribution in [3.05, 3.63) is 57.9 Å². The number of Topliss-reactive ketones (excluding diaryl/α,β-unsaturated/α-hetero) is 2. The van der Waals surface area contributed by atoms with Crippen molar-refractivity contribution in [2.75, 3.05) is 6.54 Å². The van der Waals surface area contributed by atoms with Gasteiger partial charge in [-0.05, 0) is 58.6 Å². The van der Waals surface area contributed by atoms with Crippen LogP contribution < -0.4 is 5.32 Å². The highest BCUT2D eigenvalue weighted by atomic mass is 19.1. The fraction of sp³-hybridized carbons (Fsp3) is 0.409. The molecule has 0 saturated carbocycles. The summed E-state index contributed by atoms with van der Waals surface area (Å²) in [6.45, 7) is 6.36. The van der Waals surface area contributed by atoms with E-state index < -0.39 is 11.5 Å². The number of halogens is 1. The van der Waals surface area contributed by atoms with Gasteiger partial charge in [-0.25, -0.2) is 4.39 Å². The SMILES string of the molecule is CC1=C(C)C(=O)C(CCC(C)(O)C(=O)NCCc2ccccc2F)=C(C)C1=O. The molecule has 1 aromatic carbocycles. The second-order valence-electron chi connectivity index (χ2n) is 7.38. The van der Waals surface area contributed by atoms with Gasteiger partial charge in [0.05, 0.1) is 0 Å². The molecule has 28 heavy (non-hydrogen) atoms. The number of carbonyl (C=O) groups is 3. The van der Waals surface area contributed by atoms with Gasteiger partial charge in [0.2, 0.25) is 0 Å². The van der Waals surface area contributed by atoms with E-state index in [2.05, 4.69) is 5.32 Å². The Morgan fingerprint density at radius 3 is 2.29 bits per heavy atom. The summed E-state index contributed by atoms with van der Waals surface area (Å²) in [5.41, 5.74) is 0.308. The molecule has 1 aliphatic carbocycles. The van der Waals surface area contributed by atoms with E-state index in [1.807, 2.05) is 0 Å². The Kier molecular flexibility index (Phi) is 6.67. The first-order valence-corrected chi connectivity index (χ1v) is 9.27. The Morgan fingerprint density at radius 1 is 1.04 bits per heavy atom. The quantitative estimate of drug-likeness (QED) is 0.705. The molecule has 1 atom stereocenters. The molecule has 0 spiro atoms. The fourth-order valence-electron chi connectivity index (χ4n) is 3.14. The molecule has 2 rings (SSSR count). The topological polar surface area (TPSA) is 83.5 Å². The van der Waals surface area contributed by atoms with E-state index in [1.165, 1.54) is 13.0 Å². The van der Waals surface area contributed by atoms with Gasteiger partial charge < -0.3 is 10.4 Å². The normalized spacial score (nSPS) is 17.1. The van der Waals surface area contributed by atoms with Gasteiger partial charge in [-0.1, -0.05) is 18.2 Å². The van der Waals surface area contributed by atoms with Crippen molar-refractivity contribution in [3.63, 3.8) is 0 Å². The molecule has 0 bridgehead atoms. The summed E-state index contributed by atoms with van der Waals surface area (Å²) in [5.74, 6) is -1.34. The lowest BCUT2D eigenvalue weighted by Crippen LogP contribution is -2.45. The highest BCUT2D eigenvalue weighted by Crippen LogP contribution is 2.28. The van der Waals surface area contributed by atoms with Crippen LogP contribution in [0.1, 0.15) is 46.1 Å². The number of benzene rings is 1. The standard InChI is InChI=1S/C22H26FNO4/c1-13-14(2)20(26)17(15(3)19(13)25)9-11-22(4,28)21(27)24-12-10-16-7-5-6-8-18(16)23/h5-8,28H,9-12H2,1-4H3,(H,24,27). The fourth-order valence-corrected chi connectivity index (χ4v) is 3.14. The number of hydrogen-bond acceptors (Lipinski definition) is 4. The van der Waals surface area contributed by atoms with Gasteiger partial charge in [-0.3, -0.25) is 14.4 Å². The second-order valence-corrected chi connectivity index (χ2v) is 7.38. The van der Waals surface area contributed by atoms with Gasteiger partial charge in [0.15, 0.2) is 11.6 Å². The smallest absolute Gasteiger partial charge is 0.251 e. The van der Waals surface area contributed by atoms with Gasteiger partial charge in [0.25, 0.3) is 5.91 Å². The number of hydrogen-bond donors (Lipinski definition) is 2. The first-order chi connectivity index (χ1) is 13.1. The summed E-state index contributed by atoms with van der Waals surface area (Å²) >= 11 is 0. The van der Waals surface area contributed by atoms with E-state index in [0.29, 0.717) is 34.3 Å². The summed E-state index contributed by atoms with van der Waals surface area (Å²) in [4.78, 5) is 37.0. The van der Waals surface area contributed by atoms with E-state index in [1.54, 1.807) is 39.0 Å². The minimum absolute atomic E-state index is 0.00342. The number of allylic oxidation sites excluding steroid dienone is 4. The molecule has 0 radical (unpaired) electrons. The largest absolute Gasteiger partial charge is 0.380 e. The van der Waals surface area contributed by atoms with Gasteiger partial charge >= 0.3 is 0 Å². The predicted octanol–water partition coefficient (Wildman–Crippen LogP) is 2.82. The van der Waals surface area contributed by atoms with Crippen LogP contribution in [-0.2, 0) is 20.8 Å². The predicted molar refractivity (Wildman–Crippen MR) is 104 cm³/mol. The van der Waals surface area contributed by atoms with Gasteiger partial charge in [-0.2, -0.15) is 0 Å². The molecule has 1 aromatic rings. The van der Waals surface area contributed by atoms with Crippen LogP contribution >= 0.6 is 0 Å². The number of ketones is 2. The Morgan fingerprint density at radius 2 is 1.64 bits per heavy atom. The maximum absolute atomic E-state index is 13.6. The first kappa shape index (κ1) is 21.7. The Hall–Kier alpha value is -2.60. The molecule has 1 unspecified atom stereocenters. The lowest BCUT2D eigenvalue weighted by molar-refractivity contribution is -0.138. The van der Waals surface area contributed by atoms with Crippen LogP contribution in [0.4, 0.5) is 4.39 Å². The zero-order chi connectivity index (χ0) is 21.1. The lowest BCUT2D eigenvalue weighted by atomic mass is 9.82. The minimum Gasteiger partial charge on any atom is -0.380 e. The third-order valence-electron chi connectivity index (χ3n) is 5.30. The van der Waals surface area contributed by atoms with Crippen molar-refractivity contribution in [1.82, 2.24) is 5.32 Å². The molecular formula is C22H26FNO4. The molecule has 0 saturated heterocycles. The summed E-state index contributed by atoms with van der Waals surface area (Å²) in [5, 5.41) is 13.1. The van der Waals surface area contributed by atoms with E-state index >= 15 is 0 Å². The van der Waals surface area contributed by atoms with E-state index in [4.69, 9.17) is 0 Å². The van der Waals surface area contributed by atoms with Crippen LogP contribution in [0.3, 0.4) is 0 Å². The van der Waals surface area contributed by atoms with E-state index in [9.17, 15) is 23.9 Å². The molecule has 0 heterocycles. The van der Waals surface area contributed by atoms with Crippen LogP contribution in [-0.4, -0.2) is 34.7 Å². The van der Waals surface area contributed by atoms with Crippen molar-refractivity contribution >= 4 is 17.5 Å². The molecule has 5 nitrogen and oxygen atoms in total. The highest BCUT2D eigenvalue weighted by Gasteiger charge is 2.33. The summed E-state index contributed by atoms with van der Waals surface area (Å²) in [7, 11) is 0. The van der Waals surface area contributed by atoms with Crippen LogP contribution in [0.2, 0.25) is 0 Å². The van der Waals surface area contributed by atoms with Crippen LogP contribution in [0.15, 0.2) is 46.6 Å². The highest BCUT2D eigenvalue weighted by molar-refractivity contribution is 6.24. The van der Waals surface area contributed by atoms with Crippen molar-refractivity contribution in [1.29, 1.82) is 0 Å². The molecule has 150 valence electrons. The van der Waals surface area contributed by atoms with Gasteiger partial charge in [-0.15, -0.1) is 0 Å². The maximum atomic E-state index is 13.6. The summed E-state index contributed by atoms with van der Waals surface area (Å²) in [6, 6.07) is 6.30. The van der Waals surface area contributed by atoms with Crippen molar-refractivity contribution in [2.45, 2.75) is 52.6 Å². The summed E-state index contributed by atoms with van der Waals surface area (Å²) < 4.78 is 13.6. The number of nitrogens with one attached hydrogen (secondary N) is 1. The molecule has 1 amide bonds. The van der Waals surface area contributed by atoms with Crippen molar-refractivity contribution in [2.24, 2.45) is 0 Å². The third-order valence-corrected chi connectivity index (χ3v) is 5.30. The van der Waals surface area contributed by atoms with Crippen LogP contribution in [0.5, 0.6) is 0 Å². The Labute approximate surface area is 164 Å². The average molecular weight is 387 g/mol. The number of aliphatic hydroxyl groups is 1. The average Bonchev–Trinajstić information content (AvgIpc) is 2.66. The lowest BCUT2D eigenvalue weighted by Gasteiger charge is -2.25. The number of carbonyl (C=O) groups excluding carboxylic acids is 3. The zero-order valence-corrected chi connectivity index (χ0v) is 16.7. The molecule has 0 aliphatic heterocycles. The Bertz CT molecular complexity index is 880. The molecule has 1 aliphatic rings. The van der Waals surface area contributed by atoms with Crippen molar-refractivity contribution in [3.8, 4) is 0 Å². The molecule has 2 N–H and O–H groups in total. The monoisotopic (exact) mass is 387 g/mol. The molecular weight excluding hydrogens is 361 g/mol. The Balaban J connectivity index is 1.95. The molecule has 6 heteroatoms. The van der Waals surface area contributed by atoms with Crippen LogP contribution in [0, 0.1) is 5.82 Å². The third kappa shape index (κ3) is 4.62. The van der Waals surface area contributed by atoms with E-state index in [0.717, 1.165) is 0 Å². The number of rotatable bonds is 7. The molecule has 0 fully saturated rings. The van der Waals surface area contributed by atoms with Crippen LogP contribution in [0.25, 0.3) is 0 Å². The second kappa shape index (κ2) is 8.61. The maximum Gasteiger partial charge on any atom is 0.251 e. The minimum atomic E-state index is -1.71. The van der Waals surface area contributed by atoms with Gasteiger partial charge in [0.1, 0.15) is 11.4 Å². The zero-order valence-electron chi connectivity index (χ0n) is 16.7. The molecule has 0 aromatic heterocycles. The van der Waals surface area contributed by atoms with E-state index in [-0.39, 0.29) is 36.8 Å². The first-order valence-electron chi connectivity index (χ1n) is 9.27.